The van der Waals surface area contributed by atoms with Gasteiger partial charge in [0.1, 0.15) is 11.5 Å². The third-order valence-corrected chi connectivity index (χ3v) is 6.34. The lowest BCUT2D eigenvalue weighted by Gasteiger charge is -2.24. The Morgan fingerprint density at radius 1 is 0.935 bits per heavy atom. The average molecular weight is 429 g/mol. The van der Waals surface area contributed by atoms with Crippen molar-refractivity contribution in [2.24, 2.45) is 17.8 Å². The van der Waals surface area contributed by atoms with Gasteiger partial charge in [-0.25, -0.2) is 0 Å². The van der Waals surface area contributed by atoms with Crippen LogP contribution < -0.4 is 0 Å². The molecule has 2 aliphatic carbocycles. The van der Waals surface area contributed by atoms with Gasteiger partial charge < -0.3 is 9.47 Å². The van der Waals surface area contributed by atoms with E-state index in [1.807, 2.05) is 26.0 Å². The van der Waals surface area contributed by atoms with Crippen LogP contribution in [0.1, 0.15) is 91.9 Å². The monoisotopic (exact) mass is 428 g/mol. The molecule has 0 saturated heterocycles. The minimum absolute atomic E-state index is 0.601. The zero-order chi connectivity index (χ0) is 23.1. The van der Waals surface area contributed by atoms with Gasteiger partial charge in [-0.1, -0.05) is 90.0 Å². The quantitative estimate of drug-likeness (QED) is 0.269. The van der Waals surface area contributed by atoms with Crippen LogP contribution >= 0.6 is 0 Å². The highest BCUT2D eigenvalue weighted by Crippen LogP contribution is 2.31. The molecule has 0 spiro atoms. The molecule has 0 bridgehead atoms. The summed E-state index contributed by atoms with van der Waals surface area (Å²) in [6.45, 7) is 17.2. The maximum absolute atomic E-state index is 5.86. The Bertz CT molecular complexity index is 605. The summed E-state index contributed by atoms with van der Waals surface area (Å²) in [5.41, 5.74) is 2.47. The Morgan fingerprint density at radius 3 is 1.97 bits per heavy atom. The number of methoxy groups -OCH3 is 1. The maximum Gasteiger partial charge on any atom is 0.127 e. The lowest BCUT2D eigenvalue weighted by atomic mass is 9.82. The first kappa shape index (κ1) is 27.5. The van der Waals surface area contributed by atoms with Crippen LogP contribution in [0, 0.1) is 17.8 Å². The van der Waals surface area contributed by atoms with Gasteiger partial charge in [-0.3, -0.25) is 0 Å². The summed E-state index contributed by atoms with van der Waals surface area (Å²) in [7, 11) is 1.74. The SMILES string of the molecule is C=C/C=C(\C=C(C)C)OC(=C)/C=C(\COC)C1CCCCC1.CC(C)C1CCCCC1. The molecule has 2 fully saturated rings. The van der Waals surface area contributed by atoms with Crippen molar-refractivity contribution >= 4 is 0 Å². The van der Waals surface area contributed by atoms with E-state index < -0.39 is 0 Å². The number of ether oxygens (including phenoxy) is 2. The Morgan fingerprint density at radius 2 is 1.52 bits per heavy atom. The van der Waals surface area contributed by atoms with Crippen LogP contribution in [0.15, 0.2) is 60.1 Å². The second kappa shape index (κ2) is 16.1. The van der Waals surface area contributed by atoms with Crippen molar-refractivity contribution in [3.8, 4) is 0 Å². The van der Waals surface area contributed by atoms with E-state index in [0.717, 1.165) is 17.6 Å². The lowest BCUT2D eigenvalue weighted by molar-refractivity contribution is 0.208. The lowest BCUT2D eigenvalue weighted by Crippen LogP contribution is -2.13. The molecule has 0 N–H and O–H groups in total. The first-order valence-electron chi connectivity index (χ1n) is 12.4. The van der Waals surface area contributed by atoms with E-state index in [0.29, 0.717) is 18.3 Å². The molecule has 0 heterocycles. The molecule has 0 aliphatic heterocycles. The van der Waals surface area contributed by atoms with Gasteiger partial charge in [-0.15, -0.1) is 0 Å². The first-order valence-corrected chi connectivity index (χ1v) is 12.4. The summed E-state index contributed by atoms with van der Waals surface area (Å²) in [6.07, 6.45) is 21.5. The summed E-state index contributed by atoms with van der Waals surface area (Å²) >= 11 is 0. The van der Waals surface area contributed by atoms with Crippen molar-refractivity contribution < 1.29 is 9.47 Å². The predicted molar refractivity (Wildman–Crippen MR) is 136 cm³/mol. The molecule has 0 atom stereocenters. The summed E-state index contributed by atoms with van der Waals surface area (Å²) < 4.78 is 11.2. The van der Waals surface area contributed by atoms with Gasteiger partial charge in [0, 0.05) is 7.11 Å². The van der Waals surface area contributed by atoms with Crippen LogP contribution in [-0.4, -0.2) is 13.7 Å². The maximum atomic E-state index is 5.86. The Hall–Kier alpha value is -1.54. The molecule has 2 saturated carbocycles. The van der Waals surface area contributed by atoms with E-state index in [1.54, 1.807) is 13.2 Å². The van der Waals surface area contributed by atoms with Gasteiger partial charge >= 0.3 is 0 Å². The zero-order valence-corrected chi connectivity index (χ0v) is 21.1. The van der Waals surface area contributed by atoms with Crippen LogP contribution in [-0.2, 0) is 9.47 Å². The number of rotatable bonds is 9. The number of hydrogen-bond donors (Lipinski definition) is 0. The van der Waals surface area contributed by atoms with E-state index in [-0.39, 0.29) is 0 Å². The molecule has 0 unspecified atom stereocenters. The van der Waals surface area contributed by atoms with E-state index in [2.05, 4.69) is 33.1 Å². The van der Waals surface area contributed by atoms with Crippen molar-refractivity contribution in [3.05, 3.63) is 60.1 Å². The normalized spacial score (nSPS) is 18.8. The van der Waals surface area contributed by atoms with Gasteiger partial charge in [0.15, 0.2) is 0 Å². The second-order valence-electron chi connectivity index (χ2n) is 9.72. The molecular weight excluding hydrogens is 380 g/mol. The van der Waals surface area contributed by atoms with E-state index in [1.165, 1.54) is 75.4 Å². The Kier molecular flexibility index (Phi) is 14.3. The molecule has 31 heavy (non-hydrogen) atoms. The van der Waals surface area contributed by atoms with Gasteiger partial charge in [0.25, 0.3) is 0 Å². The van der Waals surface area contributed by atoms with Crippen LogP contribution in [0.4, 0.5) is 0 Å². The van der Waals surface area contributed by atoms with Gasteiger partial charge in [0.2, 0.25) is 0 Å². The minimum atomic E-state index is 0.601. The van der Waals surface area contributed by atoms with Crippen molar-refractivity contribution in [2.75, 3.05) is 13.7 Å². The largest absolute Gasteiger partial charge is 0.458 e. The Balaban J connectivity index is 0.000000442. The summed E-state index contributed by atoms with van der Waals surface area (Å²) in [5.74, 6) is 4.01. The highest BCUT2D eigenvalue weighted by molar-refractivity contribution is 5.26. The molecule has 0 radical (unpaired) electrons. The third kappa shape index (κ3) is 12.2. The van der Waals surface area contributed by atoms with Crippen LogP contribution in [0.3, 0.4) is 0 Å². The van der Waals surface area contributed by atoms with Gasteiger partial charge in [-0.2, -0.15) is 0 Å². The minimum Gasteiger partial charge on any atom is -0.458 e. The summed E-state index contributed by atoms with van der Waals surface area (Å²) in [5, 5.41) is 0. The van der Waals surface area contributed by atoms with E-state index >= 15 is 0 Å². The highest BCUT2D eigenvalue weighted by atomic mass is 16.5. The highest BCUT2D eigenvalue weighted by Gasteiger charge is 2.18. The molecule has 2 nitrogen and oxygen atoms in total. The average Bonchev–Trinajstić information content (AvgIpc) is 2.75. The number of hydrogen-bond acceptors (Lipinski definition) is 2. The standard InChI is InChI=1S/C20H30O2.C9H18/c1-6-10-20(13-16(2)3)22-17(4)14-19(15-21-5)18-11-8-7-9-12-18;1-8(2)9-6-4-3-5-7-9/h6,10,13-14,18H,1,4,7-9,11-12,15H2,2-3,5H3;8-9H,3-7H2,1-2H3/b19-14+,20-10+;. The van der Waals surface area contributed by atoms with Crippen molar-refractivity contribution in [3.63, 3.8) is 0 Å². The summed E-state index contributed by atoms with van der Waals surface area (Å²) in [6, 6.07) is 0. The molecule has 2 rings (SSSR count). The molecule has 2 heteroatoms. The van der Waals surface area contributed by atoms with Crippen LogP contribution in [0.25, 0.3) is 0 Å². The fraction of sp³-hybridized carbons (Fsp3) is 0.655. The fourth-order valence-electron chi connectivity index (χ4n) is 4.62. The van der Waals surface area contributed by atoms with Crippen LogP contribution in [0.5, 0.6) is 0 Å². The Labute approximate surface area is 193 Å². The fourth-order valence-corrected chi connectivity index (χ4v) is 4.62. The molecule has 0 aromatic carbocycles. The van der Waals surface area contributed by atoms with E-state index in [4.69, 9.17) is 9.47 Å². The van der Waals surface area contributed by atoms with Crippen molar-refractivity contribution in [1.82, 2.24) is 0 Å². The smallest absolute Gasteiger partial charge is 0.127 e. The topological polar surface area (TPSA) is 18.5 Å². The predicted octanol–water partition coefficient (Wildman–Crippen LogP) is 8.93. The zero-order valence-electron chi connectivity index (χ0n) is 21.1. The van der Waals surface area contributed by atoms with Crippen molar-refractivity contribution in [2.45, 2.75) is 91.9 Å². The van der Waals surface area contributed by atoms with E-state index in [9.17, 15) is 0 Å². The van der Waals surface area contributed by atoms with Gasteiger partial charge in [0.05, 0.1) is 6.61 Å². The second-order valence-corrected chi connectivity index (χ2v) is 9.72. The molecule has 2 aliphatic rings. The third-order valence-electron chi connectivity index (χ3n) is 6.34. The first-order chi connectivity index (χ1) is 14.9. The molecule has 0 aromatic rings. The van der Waals surface area contributed by atoms with Crippen molar-refractivity contribution in [1.29, 1.82) is 0 Å². The molecule has 176 valence electrons. The molecular formula is C29H48O2. The number of allylic oxidation sites excluding steroid dienone is 5. The van der Waals surface area contributed by atoms with Crippen LogP contribution in [0.2, 0.25) is 0 Å². The molecule has 0 amide bonds. The van der Waals surface area contributed by atoms with Gasteiger partial charge in [-0.05, 0) is 68.2 Å². The molecule has 0 aromatic heterocycles. The summed E-state index contributed by atoms with van der Waals surface area (Å²) in [4.78, 5) is 0.